The van der Waals surface area contributed by atoms with Gasteiger partial charge in [-0.05, 0) is 60.4 Å². The molecule has 2 aromatic carbocycles. The van der Waals surface area contributed by atoms with Crippen LogP contribution in [0, 0.1) is 5.82 Å². The maximum atomic E-state index is 13.1. The summed E-state index contributed by atoms with van der Waals surface area (Å²) in [6.07, 6.45) is 4.37. The Balaban J connectivity index is 1.48. The van der Waals surface area contributed by atoms with Crippen LogP contribution in [0.25, 0.3) is 5.57 Å². The van der Waals surface area contributed by atoms with E-state index < -0.39 is 0 Å². The lowest BCUT2D eigenvalue weighted by Gasteiger charge is -2.39. The summed E-state index contributed by atoms with van der Waals surface area (Å²) in [4.78, 5) is 14.6. The van der Waals surface area contributed by atoms with Crippen molar-refractivity contribution >= 4 is 23.1 Å². The molecule has 1 saturated heterocycles. The Morgan fingerprint density at radius 2 is 1.85 bits per heavy atom. The van der Waals surface area contributed by atoms with Gasteiger partial charge in [-0.3, -0.25) is 4.79 Å². The lowest BCUT2D eigenvalue weighted by molar-refractivity contribution is -0.0190. The molecule has 1 atom stereocenters. The van der Waals surface area contributed by atoms with Gasteiger partial charge in [-0.25, -0.2) is 4.39 Å². The minimum Gasteiger partial charge on any atom is -0.492 e. The molecule has 1 fully saturated rings. The van der Waals surface area contributed by atoms with Crippen LogP contribution in [0.4, 0.5) is 4.39 Å². The van der Waals surface area contributed by atoms with Gasteiger partial charge in [0.15, 0.2) is 0 Å². The van der Waals surface area contributed by atoms with Crippen molar-refractivity contribution in [3.8, 4) is 0 Å². The lowest BCUT2D eigenvalue weighted by atomic mass is 9.86. The summed E-state index contributed by atoms with van der Waals surface area (Å²) in [6.45, 7) is 1.23. The van der Waals surface area contributed by atoms with E-state index in [1.165, 1.54) is 24.3 Å². The highest BCUT2D eigenvalue weighted by molar-refractivity contribution is 6.30. The number of benzene rings is 2. The zero-order chi connectivity index (χ0) is 18.1. The quantitative estimate of drug-likeness (QED) is 0.750. The van der Waals surface area contributed by atoms with Crippen molar-refractivity contribution in [3.63, 3.8) is 0 Å². The molecule has 0 bridgehead atoms. The van der Waals surface area contributed by atoms with E-state index >= 15 is 0 Å². The van der Waals surface area contributed by atoms with Gasteiger partial charge in [-0.1, -0.05) is 23.7 Å². The van der Waals surface area contributed by atoms with E-state index in [9.17, 15) is 9.18 Å². The van der Waals surface area contributed by atoms with Crippen LogP contribution in [-0.4, -0.2) is 29.5 Å². The first-order valence-corrected chi connectivity index (χ1v) is 9.10. The first-order valence-electron chi connectivity index (χ1n) is 8.72. The summed E-state index contributed by atoms with van der Waals surface area (Å²) in [6, 6.07) is 13.4. The first kappa shape index (κ1) is 17.1. The van der Waals surface area contributed by atoms with Crippen LogP contribution in [0.1, 0.15) is 35.2 Å². The Morgan fingerprint density at radius 3 is 2.58 bits per heavy atom. The summed E-state index contributed by atoms with van der Waals surface area (Å²) in [7, 11) is 0. The van der Waals surface area contributed by atoms with Crippen molar-refractivity contribution < 1.29 is 13.9 Å². The molecule has 4 rings (SSSR count). The fourth-order valence-corrected chi connectivity index (χ4v) is 3.87. The SMILES string of the molecule is O=C(c1ccc(F)cc1)N1CCCC2(CC(c3ccc(Cl)cc3)=CO2)C1. The minimum atomic E-state index is -0.372. The highest BCUT2D eigenvalue weighted by Crippen LogP contribution is 2.40. The molecule has 5 heteroatoms. The van der Waals surface area contributed by atoms with Gasteiger partial charge < -0.3 is 9.64 Å². The molecule has 2 heterocycles. The van der Waals surface area contributed by atoms with E-state index in [2.05, 4.69) is 0 Å². The Labute approximate surface area is 157 Å². The number of halogens is 2. The van der Waals surface area contributed by atoms with Crippen molar-refractivity contribution in [3.05, 3.63) is 76.8 Å². The normalized spacial score (nSPS) is 22.2. The minimum absolute atomic E-state index is 0.0763. The fourth-order valence-electron chi connectivity index (χ4n) is 3.75. The van der Waals surface area contributed by atoms with Gasteiger partial charge >= 0.3 is 0 Å². The molecule has 0 aliphatic carbocycles. The number of nitrogens with zero attached hydrogens (tertiary/aromatic N) is 1. The van der Waals surface area contributed by atoms with Crippen molar-refractivity contribution in [1.29, 1.82) is 0 Å². The van der Waals surface area contributed by atoms with Crippen LogP contribution in [0.2, 0.25) is 5.02 Å². The third kappa shape index (κ3) is 3.34. The van der Waals surface area contributed by atoms with Crippen LogP contribution in [0.5, 0.6) is 0 Å². The van der Waals surface area contributed by atoms with Crippen molar-refractivity contribution in [1.82, 2.24) is 4.90 Å². The summed E-state index contributed by atoms with van der Waals surface area (Å²) < 4.78 is 19.2. The molecule has 1 amide bonds. The van der Waals surface area contributed by atoms with Gasteiger partial charge in [0, 0.05) is 23.6 Å². The Bertz CT molecular complexity index is 847. The van der Waals surface area contributed by atoms with E-state index in [0.29, 0.717) is 23.7 Å². The molecule has 1 spiro atoms. The monoisotopic (exact) mass is 371 g/mol. The summed E-state index contributed by atoms with van der Waals surface area (Å²) in [5.74, 6) is -0.416. The van der Waals surface area contributed by atoms with Crippen LogP contribution in [0.15, 0.2) is 54.8 Å². The summed E-state index contributed by atoms with van der Waals surface area (Å²) in [5.41, 5.74) is 2.35. The number of ether oxygens (including phenoxy) is 1. The van der Waals surface area contributed by atoms with E-state index in [1.807, 2.05) is 35.4 Å². The molecule has 0 saturated carbocycles. The molecule has 2 aromatic rings. The second kappa shape index (κ2) is 6.76. The van der Waals surface area contributed by atoms with E-state index in [4.69, 9.17) is 16.3 Å². The van der Waals surface area contributed by atoms with Crippen molar-refractivity contribution in [2.75, 3.05) is 13.1 Å². The smallest absolute Gasteiger partial charge is 0.253 e. The summed E-state index contributed by atoms with van der Waals surface area (Å²) in [5, 5.41) is 0.705. The molecule has 134 valence electrons. The average molecular weight is 372 g/mol. The number of carbonyl (C=O) groups excluding carboxylic acids is 1. The maximum absolute atomic E-state index is 13.1. The van der Waals surface area contributed by atoms with Gasteiger partial charge in [0.05, 0.1) is 12.8 Å². The number of hydrogen-bond donors (Lipinski definition) is 0. The van der Waals surface area contributed by atoms with Gasteiger partial charge in [0.2, 0.25) is 0 Å². The molecule has 3 nitrogen and oxygen atoms in total. The number of hydrogen-bond acceptors (Lipinski definition) is 2. The third-order valence-corrected chi connectivity index (χ3v) is 5.35. The van der Waals surface area contributed by atoms with Crippen LogP contribution in [-0.2, 0) is 4.74 Å². The second-order valence-electron chi connectivity index (χ2n) is 6.96. The highest BCUT2D eigenvalue weighted by Gasteiger charge is 2.42. The van der Waals surface area contributed by atoms with Crippen LogP contribution >= 0.6 is 11.6 Å². The molecule has 26 heavy (non-hydrogen) atoms. The van der Waals surface area contributed by atoms with E-state index in [-0.39, 0.29) is 17.3 Å². The number of amides is 1. The standard InChI is InChI=1S/C21H19ClFNO2/c22-18-6-2-15(3-7-18)17-12-21(26-13-17)10-1-11-24(14-21)20(25)16-4-8-19(23)9-5-16/h2-9,13H,1,10-12,14H2. The maximum Gasteiger partial charge on any atom is 0.253 e. The van der Waals surface area contributed by atoms with Crippen LogP contribution < -0.4 is 0 Å². The first-order chi connectivity index (χ1) is 12.5. The number of piperidine rings is 1. The van der Waals surface area contributed by atoms with Gasteiger partial charge in [0.1, 0.15) is 11.4 Å². The van der Waals surface area contributed by atoms with Crippen LogP contribution in [0.3, 0.4) is 0 Å². The Kier molecular flexibility index (Phi) is 4.45. The van der Waals surface area contributed by atoms with Gasteiger partial charge in [-0.2, -0.15) is 0 Å². The number of rotatable bonds is 2. The zero-order valence-electron chi connectivity index (χ0n) is 14.3. The van der Waals surface area contributed by atoms with Gasteiger partial charge in [0.25, 0.3) is 5.91 Å². The zero-order valence-corrected chi connectivity index (χ0v) is 15.0. The molecule has 0 radical (unpaired) electrons. The van der Waals surface area contributed by atoms with E-state index in [0.717, 1.165) is 30.4 Å². The van der Waals surface area contributed by atoms with Gasteiger partial charge in [-0.15, -0.1) is 0 Å². The largest absolute Gasteiger partial charge is 0.492 e. The molecular weight excluding hydrogens is 353 g/mol. The molecule has 2 aliphatic heterocycles. The number of likely N-dealkylation sites (tertiary alicyclic amines) is 1. The number of carbonyl (C=O) groups is 1. The summed E-state index contributed by atoms with van der Waals surface area (Å²) >= 11 is 5.96. The van der Waals surface area contributed by atoms with Crippen molar-refractivity contribution in [2.45, 2.75) is 24.9 Å². The third-order valence-electron chi connectivity index (χ3n) is 5.10. The molecule has 2 aliphatic rings. The molecule has 0 aromatic heterocycles. The predicted octanol–water partition coefficient (Wildman–Crippen LogP) is 4.92. The second-order valence-corrected chi connectivity index (χ2v) is 7.40. The lowest BCUT2D eigenvalue weighted by Crippen LogP contribution is -2.50. The fraction of sp³-hybridized carbons (Fsp3) is 0.286. The predicted molar refractivity (Wildman–Crippen MR) is 99.4 cm³/mol. The Morgan fingerprint density at radius 1 is 1.12 bits per heavy atom. The molecule has 0 N–H and O–H groups in total. The average Bonchev–Trinajstić information content (AvgIpc) is 3.05. The van der Waals surface area contributed by atoms with E-state index in [1.54, 1.807) is 0 Å². The molecular formula is C21H19ClFNO2. The molecule has 1 unspecified atom stereocenters. The van der Waals surface area contributed by atoms with Crippen molar-refractivity contribution in [2.24, 2.45) is 0 Å². The topological polar surface area (TPSA) is 29.5 Å². The highest BCUT2D eigenvalue weighted by atomic mass is 35.5. The Hall–Kier alpha value is -2.33.